The molecule has 0 radical (unpaired) electrons. The first-order valence-corrected chi connectivity index (χ1v) is 6.18. The molecule has 0 saturated carbocycles. The second-order valence-electron chi connectivity index (χ2n) is 3.94. The Morgan fingerprint density at radius 3 is 3.11 bits per heavy atom. The lowest BCUT2D eigenvalue weighted by atomic mass is 10.2. The van der Waals surface area contributed by atoms with Crippen LogP contribution in [-0.4, -0.2) is 25.2 Å². The van der Waals surface area contributed by atoms with Crippen LogP contribution in [0.3, 0.4) is 0 Å². The van der Waals surface area contributed by atoms with Gasteiger partial charge in [-0.3, -0.25) is 0 Å². The van der Waals surface area contributed by atoms with Crippen molar-refractivity contribution in [2.24, 2.45) is 0 Å². The van der Waals surface area contributed by atoms with E-state index in [4.69, 9.17) is 20.8 Å². The highest BCUT2D eigenvalue weighted by Gasteiger charge is 2.12. The molecule has 0 bridgehead atoms. The Morgan fingerprint density at radius 1 is 1.47 bits per heavy atom. The highest BCUT2D eigenvalue weighted by atomic mass is 35.5. The van der Waals surface area contributed by atoms with Gasteiger partial charge in [0.2, 0.25) is 5.89 Å². The Kier molecular flexibility index (Phi) is 4.90. The summed E-state index contributed by atoms with van der Waals surface area (Å²) in [6.45, 7) is 1.87. The zero-order chi connectivity index (χ0) is 13.7. The molecule has 1 aromatic carbocycles. The first-order valence-electron chi connectivity index (χ1n) is 5.80. The average molecular weight is 285 g/mol. The molecule has 6 heteroatoms. The summed E-state index contributed by atoms with van der Waals surface area (Å²) < 4.78 is 23.8. The molecule has 0 fully saturated rings. The van der Waals surface area contributed by atoms with E-state index in [-0.39, 0.29) is 11.5 Å². The van der Waals surface area contributed by atoms with E-state index in [9.17, 15) is 4.39 Å². The quantitative estimate of drug-likeness (QED) is 0.829. The lowest BCUT2D eigenvalue weighted by Gasteiger charge is -2.00. The number of benzene rings is 1. The van der Waals surface area contributed by atoms with Gasteiger partial charge in [0.05, 0.1) is 17.9 Å². The molecule has 0 aliphatic rings. The lowest BCUT2D eigenvalue weighted by Crippen LogP contribution is -2.18. The van der Waals surface area contributed by atoms with Crippen LogP contribution in [0.2, 0.25) is 5.02 Å². The van der Waals surface area contributed by atoms with Crippen LogP contribution in [0, 0.1) is 5.82 Å². The summed E-state index contributed by atoms with van der Waals surface area (Å²) in [6, 6.07) is 4.26. The number of halogens is 2. The maximum Gasteiger partial charge on any atom is 0.229 e. The van der Waals surface area contributed by atoms with E-state index < -0.39 is 5.82 Å². The molecule has 102 valence electrons. The third-order valence-electron chi connectivity index (χ3n) is 2.50. The molecule has 0 unspecified atom stereocenters. The monoisotopic (exact) mass is 284 g/mol. The fourth-order valence-corrected chi connectivity index (χ4v) is 1.74. The molecular weight excluding hydrogens is 271 g/mol. The van der Waals surface area contributed by atoms with Crippen molar-refractivity contribution in [2.45, 2.75) is 6.54 Å². The number of nitrogens with one attached hydrogen (secondary N) is 1. The van der Waals surface area contributed by atoms with Gasteiger partial charge in [-0.2, -0.15) is 0 Å². The summed E-state index contributed by atoms with van der Waals surface area (Å²) in [5, 5.41) is 3.57. The Morgan fingerprint density at radius 2 is 2.32 bits per heavy atom. The lowest BCUT2D eigenvalue weighted by molar-refractivity contribution is 0.199. The molecule has 4 nitrogen and oxygen atoms in total. The normalized spacial score (nSPS) is 10.9. The number of hydrogen-bond donors (Lipinski definition) is 1. The second-order valence-corrected chi connectivity index (χ2v) is 4.37. The molecule has 0 amide bonds. The smallest absolute Gasteiger partial charge is 0.229 e. The number of nitrogens with zero attached hydrogens (tertiary/aromatic N) is 1. The zero-order valence-electron chi connectivity index (χ0n) is 10.5. The molecule has 0 spiro atoms. The SMILES string of the molecule is COCCNCc1coc(-c2cc(Cl)ccc2F)n1. The summed E-state index contributed by atoms with van der Waals surface area (Å²) in [5.41, 5.74) is 0.959. The maximum atomic E-state index is 13.6. The predicted molar refractivity (Wildman–Crippen MR) is 70.5 cm³/mol. The molecule has 0 aliphatic carbocycles. The van der Waals surface area contributed by atoms with Gasteiger partial charge in [0.15, 0.2) is 0 Å². The van der Waals surface area contributed by atoms with Crippen LogP contribution in [0.15, 0.2) is 28.9 Å². The summed E-state index contributed by atoms with van der Waals surface area (Å²) in [6.07, 6.45) is 1.50. The Hall–Kier alpha value is -1.43. The fourth-order valence-electron chi connectivity index (χ4n) is 1.56. The minimum Gasteiger partial charge on any atom is -0.444 e. The summed E-state index contributed by atoms with van der Waals surface area (Å²) in [4.78, 5) is 4.21. The van der Waals surface area contributed by atoms with Crippen molar-refractivity contribution in [1.82, 2.24) is 10.3 Å². The van der Waals surface area contributed by atoms with Crippen molar-refractivity contribution >= 4 is 11.6 Å². The van der Waals surface area contributed by atoms with Gasteiger partial charge >= 0.3 is 0 Å². The standard InChI is InChI=1S/C13H14ClFN2O2/c1-18-5-4-16-7-10-8-19-13(17-10)11-6-9(14)2-3-12(11)15/h2-3,6,8,16H,4-5,7H2,1H3. The van der Waals surface area contributed by atoms with Crippen molar-refractivity contribution in [3.8, 4) is 11.5 Å². The summed E-state index contributed by atoms with van der Waals surface area (Å²) in [5.74, 6) is -0.186. The van der Waals surface area contributed by atoms with E-state index in [1.807, 2.05) is 0 Å². The highest BCUT2D eigenvalue weighted by molar-refractivity contribution is 6.30. The van der Waals surface area contributed by atoms with Crippen LogP contribution in [0.5, 0.6) is 0 Å². The van der Waals surface area contributed by atoms with Crippen LogP contribution in [0.25, 0.3) is 11.5 Å². The zero-order valence-corrected chi connectivity index (χ0v) is 11.2. The van der Waals surface area contributed by atoms with E-state index in [2.05, 4.69) is 10.3 Å². The van der Waals surface area contributed by atoms with E-state index >= 15 is 0 Å². The number of rotatable bonds is 6. The first kappa shape index (κ1) is 14.0. The van der Waals surface area contributed by atoms with Crippen LogP contribution in [-0.2, 0) is 11.3 Å². The van der Waals surface area contributed by atoms with Crippen LogP contribution >= 0.6 is 11.6 Å². The molecule has 1 heterocycles. The van der Waals surface area contributed by atoms with Crippen LogP contribution < -0.4 is 5.32 Å². The molecule has 1 aromatic heterocycles. The number of methoxy groups -OCH3 is 1. The highest BCUT2D eigenvalue weighted by Crippen LogP contribution is 2.25. The van der Waals surface area contributed by atoms with Crippen LogP contribution in [0.4, 0.5) is 4.39 Å². The molecular formula is C13H14ClFN2O2. The predicted octanol–water partition coefficient (Wildman–Crippen LogP) is 2.87. The number of ether oxygens (including phenoxy) is 1. The topological polar surface area (TPSA) is 47.3 Å². The van der Waals surface area contributed by atoms with Gasteiger partial charge in [0, 0.05) is 25.2 Å². The molecule has 2 rings (SSSR count). The van der Waals surface area contributed by atoms with E-state index in [0.717, 1.165) is 0 Å². The largest absolute Gasteiger partial charge is 0.444 e. The van der Waals surface area contributed by atoms with E-state index in [1.165, 1.54) is 24.5 Å². The molecule has 1 N–H and O–H groups in total. The minimum absolute atomic E-state index is 0.226. The van der Waals surface area contributed by atoms with Gasteiger partial charge in [-0.25, -0.2) is 9.37 Å². The third-order valence-corrected chi connectivity index (χ3v) is 2.73. The molecule has 2 aromatic rings. The van der Waals surface area contributed by atoms with E-state index in [0.29, 0.717) is 30.4 Å². The van der Waals surface area contributed by atoms with Crippen molar-refractivity contribution in [2.75, 3.05) is 20.3 Å². The molecule has 0 atom stereocenters. The number of hydrogen-bond acceptors (Lipinski definition) is 4. The maximum absolute atomic E-state index is 13.6. The van der Waals surface area contributed by atoms with Crippen molar-refractivity contribution < 1.29 is 13.5 Å². The minimum atomic E-state index is -0.412. The summed E-state index contributed by atoms with van der Waals surface area (Å²) in [7, 11) is 1.64. The van der Waals surface area contributed by atoms with Crippen molar-refractivity contribution in [3.05, 3.63) is 41.0 Å². The van der Waals surface area contributed by atoms with Gasteiger partial charge in [0.25, 0.3) is 0 Å². The molecule has 0 aliphatic heterocycles. The van der Waals surface area contributed by atoms with E-state index in [1.54, 1.807) is 7.11 Å². The van der Waals surface area contributed by atoms with Crippen LogP contribution in [0.1, 0.15) is 5.69 Å². The van der Waals surface area contributed by atoms with Gasteiger partial charge < -0.3 is 14.5 Å². The Bertz CT molecular complexity index is 545. The van der Waals surface area contributed by atoms with Gasteiger partial charge in [0.1, 0.15) is 12.1 Å². The molecule has 19 heavy (non-hydrogen) atoms. The Balaban J connectivity index is 2.06. The van der Waals surface area contributed by atoms with Gasteiger partial charge in [-0.15, -0.1) is 0 Å². The number of oxazole rings is 1. The average Bonchev–Trinajstić information content (AvgIpc) is 2.86. The van der Waals surface area contributed by atoms with Gasteiger partial charge in [-0.05, 0) is 18.2 Å². The number of aromatic nitrogens is 1. The third kappa shape index (κ3) is 3.76. The molecule has 0 saturated heterocycles. The van der Waals surface area contributed by atoms with Crippen molar-refractivity contribution in [1.29, 1.82) is 0 Å². The Labute approximate surface area is 115 Å². The second kappa shape index (κ2) is 6.65. The van der Waals surface area contributed by atoms with Crippen molar-refractivity contribution in [3.63, 3.8) is 0 Å². The van der Waals surface area contributed by atoms with Gasteiger partial charge in [-0.1, -0.05) is 11.6 Å². The summed E-state index contributed by atoms with van der Waals surface area (Å²) >= 11 is 5.83. The first-order chi connectivity index (χ1) is 9.20. The fraction of sp³-hybridized carbons (Fsp3) is 0.308.